The molecule has 1 spiro atoms. The molecule has 0 aliphatic carbocycles. The maximum Gasteiger partial charge on any atom is 0.573 e. The number of hydrogen-bond donors (Lipinski definition) is 1. The number of urea groups is 1. The maximum absolute atomic E-state index is 13.4. The molecule has 0 saturated carbocycles. The summed E-state index contributed by atoms with van der Waals surface area (Å²) in [5.74, 6) is -0.253. The van der Waals surface area contributed by atoms with Crippen LogP contribution in [0.15, 0.2) is 66.9 Å². The largest absolute Gasteiger partial charge is 0.573 e. The third-order valence-electron chi connectivity index (χ3n) is 7.35. The Kier molecular flexibility index (Phi) is 8.26. The molecule has 3 aromatic rings. The van der Waals surface area contributed by atoms with Crippen LogP contribution in [0.3, 0.4) is 0 Å². The normalized spacial score (nSPS) is 16.9. The number of pyridine rings is 1. The zero-order chi connectivity index (χ0) is 28.3. The molecule has 5 rings (SSSR count). The lowest BCUT2D eigenvalue weighted by Crippen LogP contribution is -2.47. The van der Waals surface area contributed by atoms with Crippen molar-refractivity contribution < 1.29 is 22.7 Å². The number of anilines is 1. The third kappa shape index (κ3) is 6.54. The number of rotatable bonds is 6. The molecule has 0 radical (unpaired) electrons. The Labute approximate surface area is 240 Å². The number of piperidine rings is 1. The highest BCUT2D eigenvalue weighted by molar-refractivity contribution is 6.30. The van der Waals surface area contributed by atoms with E-state index in [4.69, 9.17) is 23.2 Å². The highest BCUT2D eigenvalue weighted by Gasteiger charge is 2.49. The van der Waals surface area contributed by atoms with Crippen molar-refractivity contribution in [1.82, 2.24) is 15.2 Å². The second kappa shape index (κ2) is 11.7. The van der Waals surface area contributed by atoms with Gasteiger partial charge in [-0.15, -0.1) is 13.2 Å². The van der Waals surface area contributed by atoms with Gasteiger partial charge in [-0.1, -0.05) is 53.6 Å². The number of amides is 2. The summed E-state index contributed by atoms with van der Waals surface area (Å²) < 4.78 is 44.6. The van der Waals surface area contributed by atoms with Crippen molar-refractivity contribution in [3.63, 3.8) is 0 Å². The van der Waals surface area contributed by atoms with Gasteiger partial charge in [0.05, 0.1) is 5.69 Å². The lowest BCUT2D eigenvalue weighted by molar-refractivity contribution is -0.275. The molecular formula is C29H27Cl2F3N4O2. The van der Waals surface area contributed by atoms with E-state index in [2.05, 4.69) is 26.0 Å². The van der Waals surface area contributed by atoms with E-state index in [-0.39, 0.29) is 18.8 Å². The second-order valence-corrected chi connectivity index (χ2v) is 10.8. The van der Waals surface area contributed by atoms with E-state index in [1.54, 1.807) is 24.4 Å². The quantitative estimate of drug-likeness (QED) is 0.312. The van der Waals surface area contributed by atoms with Gasteiger partial charge < -0.3 is 10.1 Å². The van der Waals surface area contributed by atoms with Gasteiger partial charge in [-0.2, -0.15) is 0 Å². The van der Waals surface area contributed by atoms with Crippen molar-refractivity contribution in [2.75, 3.05) is 31.1 Å². The Balaban J connectivity index is 1.33. The number of alkyl halides is 3. The van der Waals surface area contributed by atoms with Crippen molar-refractivity contribution >= 4 is 41.0 Å². The van der Waals surface area contributed by atoms with Crippen LogP contribution in [-0.2, 0) is 12.0 Å². The summed E-state index contributed by atoms with van der Waals surface area (Å²) in [7, 11) is 0. The highest BCUT2D eigenvalue weighted by atomic mass is 35.5. The lowest BCUT2D eigenvalue weighted by Gasteiger charge is -2.40. The van der Waals surface area contributed by atoms with E-state index >= 15 is 0 Å². The molecule has 2 aliphatic heterocycles. The standard InChI is InChI=1S/C29H27Cl2F3N4O2/c30-22-8-6-20(7-9-22)3-2-14-37-15-11-28(12-16-37)19-38(27(39)36-18-21-10-13-35-25(31)17-21)23-4-1-5-24(26(23)28)40-29(32,33)34/h1-10,13,17H,11-12,14-16,18-19H2,(H,36,39). The van der Waals surface area contributed by atoms with Gasteiger partial charge in [-0.05, 0) is 73.5 Å². The Morgan fingerprint density at radius 2 is 1.85 bits per heavy atom. The van der Waals surface area contributed by atoms with Crippen LogP contribution in [0.25, 0.3) is 6.08 Å². The first-order chi connectivity index (χ1) is 19.1. The second-order valence-electron chi connectivity index (χ2n) is 9.96. The molecule has 0 atom stereocenters. The summed E-state index contributed by atoms with van der Waals surface area (Å²) in [6.07, 6.45) is 1.94. The van der Waals surface area contributed by atoms with Crippen LogP contribution >= 0.6 is 23.2 Å². The van der Waals surface area contributed by atoms with Crippen LogP contribution in [-0.4, -0.2) is 48.5 Å². The predicted molar refractivity (Wildman–Crippen MR) is 150 cm³/mol. The van der Waals surface area contributed by atoms with Crippen molar-refractivity contribution in [3.05, 3.63) is 93.7 Å². The average Bonchev–Trinajstić information content (AvgIpc) is 3.24. The van der Waals surface area contributed by atoms with Crippen LogP contribution in [0, 0.1) is 0 Å². The highest BCUT2D eigenvalue weighted by Crippen LogP contribution is 2.52. The van der Waals surface area contributed by atoms with E-state index in [0.717, 1.165) is 11.1 Å². The summed E-state index contributed by atoms with van der Waals surface area (Å²) in [6.45, 7) is 2.49. The first-order valence-electron chi connectivity index (χ1n) is 12.8. The number of halogens is 5. The van der Waals surface area contributed by atoms with Crippen LogP contribution in [0.5, 0.6) is 5.75 Å². The molecular weight excluding hydrogens is 564 g/mol. The molecule has 1 fully saturated rings. The molecule has 6 nitrogen and oxygen atoms in total. The molecule has 3 heterocycles. The molecule has 2 aromatic carbocycles. The van der Waals surface area contributed by atoms with Crippen LogP contribution in [0.4, 0.5) is 23.7 Å². The van der Waals surface area contributed by atoms with E-state index < -0.39 is 17.8 Å². The minimum absolute atomic E-state index is 0.201. The lowest BCUT2D eigenvalue weighted by atomic mass is 9.74. The van der Waals surface area contributed by atoms with Gasteiger partial charge in [0.25, 0.3) is 0 Å². The summed E-state index contributed by atoms with van der Waals surface area (Å²) in [4.78, 5) is 21.0. The summed E-state index contributed by atoms with van der Waals surface area (Å²) in [5.41, 5.74) is 2.00. The number of aromatic nitrogens is 1. The first-order valence-corrected chi connectivity index (χ1v) is 13.6. The molecule has 1 aromatic heterocycles. The number of likely N-dealkylation sites (tertiary alicyclic amines) is 1. The number of ether oxygens (including phenoxy) is 1. The molecule has 0 bridgehead atoms. The number of carbonyl (C=O) groups is 1. The molecule has 40 heavy (non-hydrogen) atoms. The number of hydrogen-bond acceptors (Lipinski definition) is 4. The van der Waals surface area contributed by atoms with E-state index in [1.807, 2.05) is 30.3 Å². The van der Waals surface area contributed by atoms with Crippen molar-refractivity contribution in [3.8, 4) is 5.75 Å². The summed E-state index contributed by atoms with van der Waals surface area (Å²) in [5, 5.41) is 3.85. The van der Waals surface area contributed by atoms with Gasteiger partial charge in [0.15, 0.2) is 0 Å². The fourth-order valence-corrected chi connectivity index (χ4v) is 5.77. The van der Waals surface area contributed by atoms with Crippen molar-refractivity contribution in [1.29, 1.82) is 0 Å². The van der Waals surface area contributed by atoms with Crippen molar-refractivity contribution in [2.45, 2.75) is 31.2 Å². The van der Waals surface area contributed by atoms with Gasteiger partial charge >= 0.3 is 12.4 Å². The Morgan fingerprint density at radius 1 is 1.10 bits per heavy atom. The van der Waals surface area contributed by atoms with Gasteiger partial charge in [0.2, 0.25) is 0 Å². The fraction of sp³-hybridized carbons (Fsp3) is 0.310. The maximum atomic E-state index is 13.4. The molecule has 210 valence electrons. The molecule has 11 heteroatoms. The Hall–Kier alpha value is -3.27. The smallest absolute Gasteiger partial charge is 0.405 e. The number of fused-ring (bicyclic) bond motifs is 2. The fourth-order valence-electron chi connectivity index (χ4n) is 5.44. The van der Waals surface area contributed by atoms with Gasteiger partial charge in [0, 0.05) is 41.8 Å². The van der Waals surface area contributed by atoms with Gasteiger partial charge in [-0.25, -0.2) is 9.78 Å². The van der Waals surface area contributed by atoms with E-state index in [0.29, 0.717) is 53.9 Å². The van der Waals surface area contributed by atoms with Crippen molar-refractivity contribution in [2.24, 2.45) is 0 Å². The molecule has 2 aliphatic rings. The van der Waals surface area contributed by atoms with Gasteiger partial charge in [0.1, 0.15) is 10.9 Å². The first kappa shape index (κ1) is 28.3. The third-order valence-corrected chi connectivity index (χ3v) is 7.81. The van der Waals surface area contributed by atoms with Gasteiger partial charge in [-0.3, -0.25) is 9.80 Å². The Bertz CT molecular complexity index is 1390. The SMILES string of the molecule is O=C(NCc1ccnc(Cl)c1)N1CC2(CCN(CC=Cc3ccc(Cl)cc3)CC2)c2c(OC(F)(F)F)cccc21. The molecule has 0 unspecified atom stereocenters. The van der Waals surface area contributed by atoms with E-state index in [9.17, 15) is 18.0 Å². The number of carbonyl (C=O) groups excluding carboxylic acids is 1. The molecule has 2 amide bonds. The summed E-state index contributed by atoms with van der Waals surface area (Å²) >= 11 is 11.9. The molecule has 1 N–H and O–H groups in total. The zero-order valence-corrected chi connectivity index (χ0v) is 22.9. The van der Waals surface area contributed by atoms with E-state index in [1.165, 1.54) is 17.0 Å². The average molecular weight is 591 g/mol. The zero-order valence-electron chi connectivity index (χ0n) is 21.4. The number of benzene rings is 2. The minimum atomic E-state index is -4.85. The Morgan fingerprint density at radius 3 is 2.55 bits per heavy atom. The predicted octanol–water partition coefficient (Wildman–Crippen LogP) is 7.06. The monoisotopic (exact) mass is 590 g/mol. The van der Waals surface area contributed by atoms with Crippen LogP contribution < -0.4 is 15.0 Å². The number of nitrogens with zero attached hydrogens (tertiary/aromatic N) is 3. The summed E-state index contributed by atoms with van der Waals surface area (Å²) in [6, 6.07) is 15.0. The topological polar surface area (TPSA) is 57.7 Å². The number of nitrogens with one attached hydrogen (secondary N) is 1. The molecule has 1 saturated heterocycles. The van der Waals surface area contributed by atoms with Crippen LogP contribution in [0.2, 0.25) is 10.2 Å². The van der Waals surface area contributed by atoms with Crippen LogP contribution in [0.1, 0.15) is 29.5 Å². The minimum Gasteiger partial charge on any atom is -0.405 e.